The fraction of sp³-hybridized carbons (Fsp3) is 0.200. The summed E-state index contributed by atoms with van der Waals surface area (Å²) in [7, 11) is -3.05. The summed E-state index contributed by atoms with van der Waals surface area (Å²) in [5, 5.41) is 23.3. The molecule has 0 saturated carbocycles. The number of nitro benzene ring substituents is 2. The number of non-ortho nitro benzene ring substituents is 1. The summed E-state index contributed by atoms with van der Waals surface area (Å²) in [4.78, 5) is 24.2. The number of pyridine rings is 1. The second kappa shape index (κ2) is 10.4. The molecule has 1 atom stereocenters. The highest BCUT2D eigenvalue weighted by atomic mass is 35.5. The van der Waals surface area contributed by atoms with Crippen LogP contribution in [0.3, 0.4) is 0 Å². The fourth-order valence-corrected chi connectivity index (χ4v) is 4.97. The third kappa shape index (κ3) is 5.49. The van der Waals surface area contributed by atoms with Gasteiger partial charge in [0.1, 0.15) is 4.90 Å². The quantitative estimate of drug-likeness (QED) is 0.315. The zero-order valence-corrected chi connectivity index (χ0v) is 19.0. The molecule has 170 valence electrons. The zero-order chi connectivity index (χ0) is 24.1. The van der Waals surface area contributed by atoms with Crippen LogP contribution in [0.2, 0.25) is 5.02 Å². The van der Waals surface area contributed by atoms with Crippen molar-refractivity contribution in [1.29, 1.82) is 0 Å². The number of nitrogen functional groups attached to an aromatic ring is 1. The second-order valence-electron chi connectivity index (χ2n) is 6.48. The van der Waals surface area contributed by atoms with Crippen LogP contribution < -0.4 is 5.73 Å². The number of nitrogens with two attached hydrogens (primary N) is 1. The molecular weight excluding hydrogens is 458 g/mol. The van der Waals surface area contributed by atoms with Gasteiger partial charge in [0.05, 0.1) is 31.1 Å². The van der Waals surface area contributed by atoms with Gasteiger partial charge in [-0.3, -0.25) is 25.2 Å². The van der Waals surface area contributed by atoms with Crippen LogP contribution in [-0.2, 0) is 9.71 Å². The second-order valence-corrected chi connectivity index (χ2v) is 9.16. The number of hydrogen-bond acceptors (Lipinski definition) is 7. The van der Waals surface area contributed by atoms with Crippen molar-refractivity contribution in [2.24, 2.45) is 0 Å². The van der Waals surface area contributed by atoms with Crippen LogP contribution in [0.25, 0.3) is 10.9 Å². The molecule has 2 aromatic carbocycles. The van der Waals surface area contributed by atoms with Gasteiger partial charge >= 0.3 is 0 Å². The highest BCUT2D eigenvalue weighted by Gasteiger charge is 2.27. The van der Waals surface area contributed by atoms with Crippen LogP contribution in [0.4, 0.5) is 17.1 Å². The number of anilines is 1. The van der Waals surface area contributed by atoms with E-state index in [0.29, 0.717) is 18.1 Å². The Bertz CT molecular complexity index is 1260. The summed E-state index contributed by atoms with van der Waals surface area (Å²) >= 11 is 5.79. The standard InChI is InChI=1S/C11H15N3O5S.C9H7ClN2/c1-4-12(5-2)20(3,19)11-7-6-9(13(15)16)8-10(11)14(17)18;10-6-1-2-7-8(11)3-4-12-9(7)5-6/h6-8H,3-5H2,1-2H3;1-5H,(H2,11,12). The summed E-state index contributed by atoms with van der Waals surface area (Å²) in [5.74, 6) is 3.58. The molecule has 0 saturated heterocycles. The smallest absolute Gasteiger partial charge is 0.293 e. The van der Waals surface area contributed by atoms with Gasteiger partial charge in [0.2, 0.25) is 0 Å². The van der Waals surface area contributed by atoms with E-state index < -0.39 is 30.9 Å². The Morgan fingerprint density at radius 2 is 1.75 bits per heavy atom. The van der Waals surface area contributed by atoms with Gasteiger partial charge < -0.3 is 5.73 Å². The van der Waals surface area contributed by atoms with E-state index in [2.05, 4.69) is 10.9 Å². The molecule has 0 aliphatic heterocycles. The molecule has 0 radical (unpaired) electrons. The van der Waals surface area contributed by atoms with Gasteiger partial charge in [-0.15, -0.1) is 0 Å². The maximum absolute atomic E-state index is 12.7. The van der Waals surface area contributed by atoms with Crippen molar-refractivity contribution in [3.8, 4) is 0 Å². The van der Waals surface area contributed by atoms with Crippen LogP contribution in [0.5, 0.6) is 0 Å². The lowest BCUT2D eigenvalue weighted by Gasteiger charge is -2.23. The lowest BCUT2D eigenvalue weighted by Crippen LogP contribution is -2.30. The first kappa shape index (κ1) is 25.0. The number of aromatic nitrogens is 1. The number of nitro groups is 2. The maximum atomic E-state index is 12.7. The molecule has 0 aliphatic carbocycles. The number of halogens is 1. The van der Waals surface area contributed by atoms with E-state index in [1.54, 1.807) is 32.2 Å². The van der Waals surface area contributed by atoms with E-state index in [9.17, 15) is 24.4 Å². The normalized spacial score (nSPS) is 12.6. The average molecular weight is 480 g/mol. The topological polar surface area (TPSA) is 146 Å². The minimum atomic E-state index is -3.05. The van der Waals surface area contributed by atoms with Crippen molar-refractivity contribution in [3.63, 3.8) is 0 Å². The van der Waals surface area contributed by atoms with Crippen LogP contribution in [0, 0.1) is 20.2 Å². The molecule has 3 aromatic rings. The van der Waals surface area contributed by atoms with Crippen LogP contribution >= 0.6 is 11.6 Å². The first-order valence-electron chi connectivity index (χ1n) is 9.37. The summed E-state index contributed by atoms with van der Waals surface area (Å²) in [5.41, 5.74) is 6.32. The van der Waals surface area contributed by atoms with Gasteiger partial charge in [-0.05, 0) is 36.2 Å². The Hall–Kier alpha value is -3.28. The van der Waals surface area contributed by atoms with Crippen molar-refractivity contribution >= 4 is 55.1 Å². The molecule has 1 aromatic heterocycles. The van der Waals surface area contributed by atoms with Crippen molar-refractivity contribution in [2.75, 3.05) is 18.8 Å². The van der Waals surface area contributed by atoms with E-state index in [-0.39, 0.29) is 4.90 Å². The average Bonchev–Trinajstić information content (AvgIpc) is 2.74. The van der Waals surface area contributed by atoms with E-state index in [0.717, 1.165) is 34.8 Å². The largest absolute Gasteiger partial charge is 0.398 e. The van der Waals surface area contributed by atoms with E-state index in [1.807, 2.05) is 12.1 Å². The first-order chi connectivity index (χ1) is 15.0. The van der Waals surface area contributed by atoms with Crippen molar-refractivity contribution in [3.05, 3.63) is 73.9 Å². The maximum Gasteiger partial charge on any atom is 0.293 e. The Balaban J connectivity index is 0.000000255. The summed E-state index contributed by atoms with van der Waals surface area (Å²) in [6, 6.07) is 10.3. The van der Waals surface area contributed by atoms with E-state index in [1.165, 1.54) is 4.31 Å². The number of rotatable bonds is 6. The third-order valence-corrected chi connectivity index (χ3v) is 7.17. The Morgan fingerprint density at radius 3 is 2.31 bits per heavy atom. The van der Waals surface area contributed by atoms with Crippen LogP contribution in [0.15, 0.2) is 53.6 Å². The highest BCUT2D eigenvalue weighted by Crippen LogP contribution is 2.30. The molecule has 32 heavy (non-hydrogen) atoms. The molecule has 0 bridgehead atoms. The van der Waals surface area contributed by atoms with E-state index in [4.69, 9.17) is 17.3 Å². The molecule has 1 heterocycles. The predicted octanol–water partition coefficient (Wildman–Crippen LogP) is 4.31. The Labute approximate surface area is 190 Å². The molecule has 1 unspecified atom stereocenters. The summed E-state index contributed by atoms with van der Waals surface area (Å²) in [6.45, 7) is 4.30. The highest BCUT2D eigenvalue weighted by molar-refractivity contribution is 7.98. The zero-order valence-electron chi connectivity index (χ0n) is 17.4. The molecule has 0 amide bonds. The molecular formula is C20H22ClN5O5S. The lowest BCUT2D eigenvalue weighted by molar-refractivity contribution is -0.396. The number of nitrogens with zero attached hydrogens (tertiary/aromatic N) is 4. The lowest BCUT2D eigenvalue weighted by atomic mass is 10.2. The number of fused-ring (bicyclic) bond motifs is 1. The van der Waals surface area contributed by atoms with Gasteiger partial charge in [-0.2, -0.15) is 0 Å². The van der Waals surface area contributed by atoms with Gasteiger partial charge in [0, 0.05) is 41.4 Å². The summed E-state index contributed by atoms with van der Waals surface area (Å²) < 4.78 is 14.2. The molecule has 2 N–H and O–H groups in total. The van der Waals surface area contributed by atoms with Crippen LogP contribution in [-0.4, -0.2) is 42.3 Å². The minimum Gasteiger partial charge on any atom is -0.398 e. The molecule has 0 fully saturated rings. The predicted molar refractivity (Wildman–Crippen MR) is 127 cm³/mol. The number of hydrogen-bond donors (Lipinski definition) is 1. The summed E-state index contributed by atoms with van der Waals surface area (Å²) in [6.07, 6.45) is 1.67. The van der Waals surface area contributed by atoms with Crippen LogP contribution in [0.1, 0.15) is 13.8 Å². The van der Waals surface area contributed by atoms with Crippen molar-refractivity contribution < 1.29 is 14.1 Å². The first-order valence-corrected chi connectivity index (χ1v) is 11.4. The Morgan fingerprint density at radius 1 is 1.09 bits per heavy atom. The minimum absolute atomic E-state index is 0.100. The van der Waals surface area contributed by atoms with Crippen molar-refractivity contribution in [1.82, 2.24) is 9.29 Å². The molecule has 12 heteroatoms. The monoisotopic (exact) mass is 479 g/mol. The van der Waals surface area contributed by atoms with Gasteiger partial charge in [-0.25, -0.2) is 8.51 Å². The molecule has 3 rings (SSSR count). The molecule has 0 aliphatic rings. The number of benzene rings is 2. The SMILES string of the molecule is C=S(=O)(c1ccc([N+](=O)[O-])cc1[N+](=O)[O-])N(CC)CC.Nc1ccnc2cc(Cl)ccc12. The van der Waals surface area contributed by atoms with E-state index >= 15 is 0 Å². The fourth-order valence-electron chi connectivity index (χ4n) is 2.95. The molecule has 0 spiro atoms. The third-order valence-electron chi connectivity index (χ3n) is 4.55. The van der Waals surface area contributed by atoms with Gasteiger partial charge in [0.25, 0.3) is 11.4 Å². The van der Waals surface area contributed by atoms with Gasteiger partial charge in [0.15, 0.2) is 0 Å². The Kier molecular flexibility index (Phi) is 8.08. The molecule has 10 nitrogen and oxygen atoms in total. The van der Waals surface area contributed by atoms with Crippen molar-refractivity contribution in [2.45, 2.75) is 18.7 Å². The van der Waals surface area contributed by atoms with Gasteiger partial charge in [-0.1, -0.05) is 25.4 Å².